The number of nitrogens with one attached hydrogen (secondary N) is 1. The number of anilines is 1. The van der Waals surface area contributed by atoms with Crippen molar-refractivity contribution in [3.8, 4) is 0 Å². The number of furan rings is 1. The zero-order valence-electron chi connectivity index (χ0n) is 14.3. The predicted octanol–water partition coefficient (Wildman–Crippen LogP) is 3.40. The molecule has 8 heteroatoms. The van der Waals surface area contributed by atoms with E-state index in [1.165, 1.54) is 31.4 Å². The predicted molar refractivity (Wildman–Crippen MR) is 101 cm³/mol. The molecule has 0 unspecified atom stereocenters. The first-order valence-corrected chi connectivity index (χ1v) is 10.2. The third kappa shape index (κ3) is 3.66. The molecular formula is C18H18N2O4S2. The number of amides is 1. The Balaban J connectivity index is 1.81. The molecule has 0 aliphatic rings. The highest BCUT2D eigenvalue weighted by atomic mass is 32.2. The number of thiophene rings is 1. The Hall–Kier alpha value is -2.58. The van der Waals surface area contributed by atoms with Crippen LogP contribution in [-0.2, 0) is 16.6 Å². The molecule has 26 heavy (non-hydrogen) atoms. The van der Waals surface area contributed by atoms with Crippen LogP contribution in [0.1, 0.15) is 21.2 Å². The van der Waals surface area contributed by atoms with Crippen molar-refractivity contribution in [2.45, 2.75) is 18.4 Å². The molecule has 0 saturated carbocycles. The molecule has 6 nitrogen and oxygen atoms in total. The van der Waals surface area contributed by atoms with Crippen molar-refractivity contribution in [3.05, 3.63) is 70.3 Å². The molecule has 0 radical (unpaired) electrons. The molecule has 0 aliphatic carbocycles. The Kier molecular flexibility index (Phi) is 5.15. The van der Waals surface area contributed by atoms with Crippen LogP contribution in [0.3, 0.4) is 0 Å². The van der Waals surface area contributed by atoms with E-state index in [2.05, 4.69) is 5.32 Å². The van der Waals surface area contributed by atoms with Gasteiger partial charge in [0.15, 0.2) is 5.76 Å². The lowest BCUT2D eigenvalue weighted by Gasteiger charge is -2.18. The van der Waals surface area contributed by atoms with Gasteiger partial charge < -0.3 is 9.73 Å². The maximum absolute atomic E-state index is 12.9. The average molecular weight is 390 g/mol. The van der Waals surface area contributed by atoms with Gasteiger partial charge in [-0.3, -0.25) is 9.10 Å². The normalized spacial score (nSPS) is 11.3. The van der Waals surface area contributed by atoms with Gasteiger partial charge >= 0.3 is 0 Å². The topological polar surface area (TPSA) is 79.6 Å². The van der Waals surface area contributed by atoms with E-state index < -0.39 is 15.9 Å². The number of nitrogens with zero attached hydrogens (tertiary/aromatic N) is 1. The minimum Gasteiger partial charge on any atom is -0.455 e. The van der Waals surface area contributed by atoms with Crippen molar-refractivity contribution in [3.63, 3.8) is 0 Å². The molecule has 0 bridgehead atoms. The van der Waals surface area contributed by atoms with E-state index in [9.17, 15) is 13.2 Å². The van der Waals surface area contributed by atoms with Gasteiger partial charge in [0, 0.05) is 18.0 Å². The van der Waals surface area contributed by atoms with E-state index >= 15 is 0 Å². The number of hydrogen-bond donors (Lipinski definition) is 1. The van der Waals surface area contributed by atoms with Crippen LogP contribution in [0.25, 0.3) is 0 Å². The van der Waals surface area contributed by atoms with Crippen molar-refractivity contribution in [2.75, 3.05) is 11.4 Å². The fraction of sp³-hybridized carbons (Fsp3) is 0.167. The molecule has 2 aromatic heterocycles. The van der Waals surface area contributed by atoms with E-state index in [-0.39, 0.29) is 16.4 Å². The SMILES string of the molecule is Cc1oc(C(=O)NCc2cccs2)cc1S(=O)(=O)N(C)c1ccccc1. The molecule has 136 valence electrons. The monoisotopic (exact) mass is 390 g/mol. The fourth-order valence-electron chi connectivity index (χ4n) is 2.43. The molecule has 0 saturated heterocycles. The van der Waals surface area contributed by atoms with Crippen LogP contribution in [0, 0.1) is 6.92 Å². The van der Waals surface area contributed by atoms with E-state index in [1.807, 2.05) is 23.6 Å². The highest BCUT2D eigenvalue weighted by Crippen LogP contribution is 2.26. The van der Waals surface area contributed by atoms with Crippen LogP contribution in [0.4, 0.5) is 5.69 Å². The summed E-state index contributed by atoms with van der Waals surface area (Å²) in [6.45, 7) is 1.89. The molecular weight excluding hydrogens is 372 g/mol. The van der Waals surface area contributed by atoms with Crippen molar-refractivity contribution < 1.29 is 17.6 Å². The third-order valence-corrected chi connectivity index (χ3v) is 6.63. The third-order valence-electron chi connectivity index (χ3n) is 3.86. The number of para-hydroxylation sites is 1. The summed E-state index contributed by atoms with van der Waals surface area (Å²) < 4.78 is 32.3. The first-order valence-electron chi connectivity index (χ1n) is 7.84. The van der Waals surface area contributed by atoms with Gasteiger partial charge in [0.25, 0.3) is 15.9 Å². The summed E-state index contributed by atoms with van der Waals surface area (Å²) in [4.78, 5) is 13.2. The van der Waals surface area contributed by atoms with E-state index in [0.717, 1.165) is 9.18 Å². The van der Waals surface area contributed by atoms with Gasteiger partial charge in [-0.05, 0) is 30.5 Å². The molecule has 0 aliphatic heterocycles. The number of carbonyl (C=O) groups excluding carboxylic acids is 1. The average Bonchev–Trinajstić information content (AvgIpc) is 3.29. The van der Waals surface area contributed by atoms with Gasteiger partial charge in [-0.25, -0.2) is 8.42 Å². The van der Waals surface area contributed by atoms with Gasteiger partial charge in [0.1, 0.15) is 10.7 Å². The van der Waals surface area contributed by atoms with Crippen molar-refractivity contribution >= 4 is 33.0 Å². The lowest BCUT2D eigenvalue weighted by atomic mass is 10.3. The number of aryl methyl sites for hydroxylation is 1. The quantitative estimate of drug-likeness (QED) is 0.700. The first kappa shape index (κ1) is 18.2. The van der Waals surface area contributed by atoms with E-state index in [4.69, 9.17) is 4.42 Å². The second kappa shape index (κ2) is 7.35. The number of hydrogen-bond acceptors (Lipinski definition) is 5. The van der Waals surface area contributed by atoms with Crippen LogP contribution in [-0.4, -0.2) is 21.4 Å². The molecule has 1 amide bonds. The molecule has 3 aromatic rings. The zero-order chi connectivity index (χ0) is 18.7. The Labute approximate surface area is 156 Å². The summed E-state index contributed by atoms with van der Waals surface area (Å²) in [6.07, 6.45) is 0. The molecule has 0 spiro atoms. The number of sulfonamides is 1. The highest BCUT2D eigenvalue weighted by Gasteiger charge is 2.28. The molecule has 0 atom stereocenters. The minimum atomic E-state index is -3.83. The van der Waals surface area contributed by atoms with Crippen LogP contribution in [0.15, 0.2) is 63.2 Å². The standard InChI is InChI=1S/C18H18N2O4S2/c1-13-17(26(22,23)20(2)14-7-4-3-5-8-14)11-16(24-13)18(21)19-12-15-9-6-10-25-15/h3-11H,12H2,1-2H3,(H,19,21). The van der Waals surface area contributed by atoms with Gasteiger partial charge in [-0.15, -0.1) is 11.3 Å². The Bertz CT molecular complexity index is 993. The van der Waals surface area contributed by atoms with Crippen molar-refractivity contribution in [1.82, 2.24) is 5.32 Å². The smallest absolute Gasteiger partial charge is 0.287 e. The largest absolute Gasteiger partial charge is 0.455 e. The van der Waals surface area contributed by atoms with Gasteiger partial charge in [0.2, 0.25) is 0 Å². The number of benzene rings is 1. The summed E-state index contributed by atoms with van der Waals surface area (Å²) >= 11 is 1.53. The lowest BCUT2D eigenvalue weighted by molar-refractivity contribution is 0.0922. The van der Waals surface area contributed by atoms with Gasteiger partial charge in [-0.2, -0.15) is 0 Å². The molecule has 3 rings (SSSR count). The van der Waals surface area contributed by atoms with Crippen molar-refractivity contribution in [1.29, 1.82) is 0 Å². The van der Waals surface area contributed by atoms with E-state index in [1.54, 1.807) is 24.3 Å². The second-order valence-electron chi connectivity index (χ2n) is 5.60. The second-order valence-corrected chi connectivity index (χ2v) is 8.57. The van der Waals surface area contributed by atoms with E-state index in [0.29, 0.717) is 12.2 Å². The number of rotatable bonds is 6. The van der Waals surface area contributed by atoms with Crippen LogP contribution in [0.5, 0.6) is 0 Å². The maximum Gasteiger partial charge on any atom is 0.287 e. The summed E-state index contributed by atoms with van der Waals surface area (Å²) in [6, 6.07) is 13.8. The summed E-state index contributed by atoms with van der Waals surface area (Å²) in [5.41, 5.74) is 0.525. The van der Waals surface area contributed by atoms with Crippen LogP contribution < -0.4 is 9.62 Å². The Morgan fingerprint density at radius 1 is 1.19 bits per heavy atom. The van der Waals surface area contributed by atoms with Crippen LogP contribution in [0.2, 0.25) is 0 Å². The molecule has 1 aromatic carbocycles. The summed E-state index contributed by atoms with van der Waals surface area (Å²) in [5.74, 6) is -0.307. The minimum absolute atomic E-state index is 0.0230. The molecule has 0 fully saturated rings. The van der Waals surface area contributed by atoms with Gasteiger partial charge in [-0.1, -0.05) is 24.3 Å². The Morgan fingerprint density at radius 2 is 1.92 bits per heavy atom. The number of carbonyl (C=O) groups is 1. The zero-order valence-corrected chi connectivity index (χ0v) is 15.9. The van der Waals surface area contributed by atoms with Gasteiger partial charge in [0.05, 0.1) is 12.2 Å². The maximum atomic E-state index is 12.9. The summed E-state index contributed by atoms with van der Waals surface area (Å²) in [5, 5.41) is 4.64. The molecule has 2 heterocycles. The fourth-order valence-corrected chi connectivity index (χ4v) is 4.43. The summed E-state index contributed by atoms with van der Waals surface area (Å²) in [7, 11) is -2.37. The molecule has 1 N–H and O–H groups in total. The Morgan fingerprint density at radius 3 is 2.58 bits per heavy atom. The van der Waals surface area contributed by atoms with Crippen LogP contribution >= 0.6 is 11.3 Å². The van der Waals surface area contributed by atoms with Crippen molar-refractivity contribution in [2.24, 2.45) is 0 Å². The lowest BCUT2D eigenvalue weighted by Crippen LogP contribution is -2.26. The first-order chi connectivity index (χ1) is 12.4. The highest BCUT2D eigenvalue weighted by molar-refractivity contribution is 7.92.